The van der Waals surface area contributed by atoms with Crippen LogP contribution in [0.1, 0.15) is 13.8 Å². The Hall–Kier alpha value is -0.160. The largest absolute Gasteiger partial charge is 0.350 e. The third-order valence-corrected chi connectivity index (χ3v) is 1.71. The molecule has 1 rings (SSSR count). The fourth-order valence-electron chi connectivity index (χ4n) is 0.992. The number of hydrogen-bond donors (Lipinski definition) is 2. The predicted octanol–water partition coefficient (Wildman–Crippen LogP) is -0.373. The highest BCUT2D eigenvalue weighted by Crippen LogP contribution is 2.18. The molecule has 0 spiro atoms. The van der Waals surface area contributed by atoms with Crippen LogP contribution in [-0.4, -0.2) is 25.2 Å². The summed E-state index contributed by atoms with van der Waals surface area (Å²) in [5.41, 5.74) is 10.9. The fraction of sp³-hybridized carbons (Fsp3) is 1.00. The number of hydrogen-bond acceptors (Lipinski definition) is 4. The van der Waals surface area contributed by atoms with Crippen molar-refractivity contribution in [1.29, 1.82) is 0 Å². The minimum absolute atomic E-state index is 0.130. The van der Waals surface area contributed by atoms with E-state index in [1.807, 2.05) is 13.8 Å². The zero-order chi connectivity index (χ0) is 8.43. The molecule has 4 N–H and O–H groups in total. The van der Waals surface area contributed by atoms with Crippen LogP contribution in [0.25, 0.3) is 0 Å². The van der Waals surface area contributed by atoms with Crippen molar-refractivity contribution in [2.45, 2.75) is 32.4 Å². The Morgan fingerprint density at radius 1 is 1.36 bits per heavy atom. The number of nitrogens with two attached hydrogens (primary N) is 2. The molecule has 11 heavy (non-hydrogen) atoms. The first-order valence-electron chi connectivity index (χ1n) is 3.89. The minimum Gasteiger partial charge on any atom is -0.350 e. The van der Waals surface area contributed by atoms with Crippen molar-refractivity contribution in [2.75, 3.05) is 6.61 Å². The average Bonchev–Trinajstić information content (AvgIpc) is 2.33. The predicted molar refractivity (Wildman–Crippen MR) is 41.6 cm³/mol. The second-order valence-corrected chi connectivity index (χ2v) is 3.20. The minimum atomic E-state index is -0.432. The summed E-state index contributed by atoms with van der Waals surface area (Å²) in [7, 11) is 0. The van der Waals surface area contributed by atoms with Crippen LogP contribution in [0.3, 0.4) is 0 Å². The molecule has 4 heteroatoms. The van der Waals surface area contributed by atoms with Crippen LogP contribution in [0.15, 0.2) is 0 Å². The molecule has 0 aromatic heterocycles. The van der Waals surface area contributed by atoms with Crippen molar-refractivity contribution in [2.24, 2.45) is 17.4 Å². The van der Waals surface area contributed by atoms with E-state index in [0.717, 1.165) is 0 Å². The van der Waals surface area contributed by atoms with E-state index in [1.165, 1.54) is 0 Å². The number of ether oxygens (including phenoxy) is 2. The zero-order valence-corrected chi connectivity index (χ0v) is 6.99. The van der Waals surface area contributed by atoms with Gasteiger partial charge in [0.05, 0.1) is 12.8 Å². The lowest BCUT2D eigenvalue weighted by Crippen LogP contribution is -2.44. The Morgan fingerprint density at radius 3 is 2.27 bits per heavy atom. The van der Waals surface area contributed by atoms with E-state index in [9.17, 15) is 0 Å². The van der Waals surface area contributed by atoms with Crippen LogP contribution in [0.4, 0.5) is 0 Å². The van der Waals surface area contributed by atoms with Gasteiger partial charge in [0.2, 0.25) is 0 Å². The third kappa shape index (κ3) is 2.13. The summed E-state index contributed by atoms with van der Waals surface area (Å²) in [6.45, 7) is 4.59. The molecule has 1 heterocycles. The summed E-state index contributed by atoms with van der Waals surface area (Å²) in [6.07, 6.45) is -0.698. The van der Waals surface area contributed by atoms with Gasteiger partial charge in [-0.1, -0.05) is 13.8 Å². The molecule has 0 amide bonds. The molecule has 1 unspecified atom stereocenters. The summed E-state index contributed by atoms with van der Waals surface area (Å²) < 4.78 is 10.7. The van der Waals surface area contributed by atoms with Gasteiger partial charge < -0.3 is 20.9 Å². The SMILES string of the molecule is CC(C)[C@@H]1OCC(C(N)N)O1. The molecular formula is C7H16N2O2. The Morgan fingerprint density at radius 2 is 2.00 bits per heavy atom. The van der Waals surface area contributed by atoms with Crippen LogP contribution >= 0.6 is 0 Å². The van der Waals surface area contributed by atoms with Gasteiger partial charge in [0, 0.05) is 5.92 Å². The monoisotopic (exact) mass is 160 g/mol. The van der Waals surface area contributed by atoms with Crippen molar-refractivity contribution < 1.29 is 9.47 Å². The van der Waals surface area contributed by atoms with E-state index >= 15 is 0 Å². The summed E-state index contributed by atoms with van der Waals surface area (Å²) in [5.74, 6) is 0.360. The summed E-state index contributed by atoms with van der Waals surface area (Å²) in [4.78, 5) is 0. The van der Waals surface area contributed by atoms with Crippen LogP contribution < -0.4 is 11.5 Å². The quantitative estimate of drug-likeness (QED) is 0.540. The van der Waals surface area contributed by atoms with Crippen molar-refractivity contribution >= 4 is 0 Å². The highest BCUT2D eigenvalue weighted by atomic mass is 16.7. The Balaban J connectivity index is 2.35. The van der Waals surface area contributed by atoms with Gasteiger partial charge in [-0.3, -0.25) is 0 Å². The molecule has 66 valence electrons. The van der Waals surface area contributed by atoms with Gasteiger partial charge >= 0.3 is 0 Å². The molecule has 0 aromatic carbocycles. The second kappa shape index (κ2) is 3.49. The van der Waals surface area contributed by atoms with Crippen LogP contribution in [0, 0.1) is 5.92 Å². The van der Waals surface area contributed by atoms with E-state index in [4.69, 9.17) is 20.9 Å². The first-order valence-corrected chi connectivity index (χ1v) is 3.89. The van der Waals surface area contributed by atoms with Gasteiger partial charge in [-0.2, -0.15) is 0 Å². The summed E-state index contributed by atoms with van der Waals surface area (Å²) >= 11 is 0. The molecule has 0 saturated carbocycles. The Bertz CT molecular complexity index is 114. The molecule has 1 aliphatic heterocycles. The van der Waals surface area contributed by atoms with Gasteiger partial charge in [0.1, 0.15) is 6.10 Å². The molecule has 1 aliphatic rings. The van der Waals surface area contributed by atoms with Gasteiger partial charge in [0.15, 0.2) is 6.29 Å². The first kappa shape index (κ1) is 8.93. The smallest absolute Gasteiger partial charge is 0.160 e. The van der Waals surface area contributed by atoms with Gasteiger partial charge in [-0.05, 0) is 0 Å². The van der Waals surface area contributed by atoms with Crippen molar-refractivity contribution in [3.63, 3.8) is 0 Å². The van der Waals surface area contributed by atoms with E-state index < -0.39 is 6.17 Å². The molecule has 4 nitrogen and oxygen atoms in total. The van der Waals surface area contributed by atoms with Crippen molar-refractivity contribution in [3.05, 3.63) is 0 Å². The first-order chi connectivity index (χ1) is 5.11. The van der Waals surface area contributed by atoms with Crippen molar-refractivity contribution in [3.8, 4) is 0 Å². The molecule has 0 aromatic rings. The van der Waals surface area contributed by atoms with Crippen molar-refractivity contribution in [1.82, 2.24) is 0 Å². The van der Waals surface area contributed by atoms with Crippen LogP contribution in [-0.2, 0) is 9.47 Å². The molecule has 1 fully saturated rings. The van der Waals surface area contributed by atoms with E-state index in [2.05, 4.69) is 0 Å². The Kier molecular flexibility index (Phi) is 2.84. The highest BCUT2D eigenvalue weighted by molar-refractivity contribution is 4.73. The maximum atomic E-state index is 5.43. The molecule has 0 radical (unpaired) electrons. The molecular weight excluding hydrogens is 144 g/mol. The molecule has 1 saturated heterocycles. The molecule has 0 aliphatic carbocycles. The average molecular weight is 160 g/mol. The number of rotatable bonds is 2. The third-order valence-electron chi connectivity index (χ3n) is 1.71. The van der Waals surface area contributed by atoms with Gasteiger partial charge in [-0.15, -0.1) is 0 Å². The Labute approximate surface area is 66.8 Å². The lowest BCUT2D eigenvalue weighted by Gasteiger charge is -2.15. The van der Waals surface area contributed by atoms with Gasteiger partial charge in [-0.25, -0.2) is 0 Å². The van der Waals surface area contributed by atoms with Crippen LogP contribution in [0.5, 0.6) is 0 Å². The lowest BCUT2D eigenvalue weighted by atomic mass is 10.2. The molecule has 2 atom stereocenters. The molecule has 0 bridgehead atoms. The lowest BCUT2D eigenvalue weighted by molar-refractivity contribution is -0.0897. The highest BCUT2D eigenvalue weighted by Gasteiger charge is 2.30. The summed E-state index contributed by atoms with van der Waals surface area (Å²) in [6, 6.07) is 0. The standard InChI is InChI=1S/C7H16N2O2/c1-4(2)7-10-3-5(11-7)6(8)9/h4-7H,3,8-9H2,1-2H3/t5?,7-/m1/s1. The normalized spacial score (nSPS) is 32.2. The van der Waals surface area contributed by atoms with Gasteiger partial charge in [0.25, 0.3) is 0 Å². The zero-order valence-electron chi connectivity index (χ0n) is 6.99. The maximum Gasteiger partial charge on any atom is 0.160 e. The fourth-order valence-corrected chi connectivity index (χ4v) is 0.992. The van der Waals surface area contributed by atoms with E-state index in [1.54, 1.807) is 0 Å². The second-order valence-electron chi connectivity index (χ2n) is 3.20. The van der Waals surface area contributed by atoms with E-state index in [-0.39, 0.29) is 12.4 Å². The summed E-state index contributed by atoms with van der Waals surface area (Å²) in [5, 5.41) is 0. The maximum absolute atomic E-state index is 5.43. The van der Waals surface area contributed by atoms with Crippen LogP contribution in [0.2, 0.25) is 0 Å². The topological polar surface area (TPSA) is 70.5 Å². The van der Waals surface area contributed by atoms with E-state index in [0.29, 0.717) is 12.5 Å².